The van der Waals surface area contributed by atoms with Gasteiger partial charge in [-0.15, -0.1) is 0 Å². The topological polar surface area (TPSA) is 38.9 Å². The van der Waals surface area contributed by atoms with Crippen LogP contribution in [0, 0.1) is 6.92 Å². The molecule has 0 N–H and O–H groups in total. The quantitative estimate of drug-likeness (QED) is 0.680. The van der Waals surface area contributed by atoms with Gasteiger partial charge in [-0.05, 0) is 12.1 Å². The van der Waals surface area contributed by atoms with Crippen LogP contribution in [0.4, 0.5) is 0 Å². The molecule has 0 unspecified atom stereocenters. The van der Waals surface area contributed by atoms with Crippen molar-refractivity contribution < 1.29 is 4.42 Å². The van der Waals surface area contributed by atoms with Gasteiger partial charge in [-0.1, -0.05) is 30.3 Å². The highest BCUT2D eigenvalue weighted by atomic mass is 16.4. The molecular formula is C15H12N2O. The third-order valence-electron chi connectivity index (χ3n) is 2.72. The fourth-order valence-corrected chi connectivity index (χ4v) is 1.92. The minimum atomic E-state index is 0.667. The third kappa shape index (κ3) is 1.91. The van der Waals surface area contributed by atoms with E-state index in [1.54, 1.807) is 12.4 Å². The highest BCUT2D eigenvalue weighted by molar-refractivity contribution is 5.76. The fourth-order valence-electron chi connectivity index (χ4n) is 1.92. The first-order valence-electron chi connectivity index (χ1n) is 5.78. The van der Waals surface area contributed by atoms with Gasteiger partial charge in [-0.3, -0.25) is 4.98 Å². The molecule has 88 valence electrons. The van der Waals surface area contributed by atoms with Crippen molar-refractivity contribution in [3.63, 3.8) is 0 Å². The number of benzene rings is 1. The SMILES string of the molecule is Cc1nc(-c2ccncc2)c(-c2ccccc2)o1. The first-order valence-corrected chi connectivity index (χ1v) is 5.78. The fraction of sp³-hybridized carbons (Fsp3) is 0.0667. The number of rotatable bonds is 2. The average molecular weight is 236 g/mol. The summed E-state index contributed by atoms with van der Waals surface area (Å²) in [6, 6.07) is 13.9. The molecule has 0 aliphatic carbocycles. The maximum atomic E-state index is 5.72. The van der Waals surface area contributed by atoms with Crippen molar-refractivity contribution in [1.82, 2.24) is 9.97 Å². The smallest absolute Gasteiger partial charge is 0.192 e. The van der Waals surface area contributed by atoms with Crippen LogP contribution in [0.15, 0.2) is 59.3 Å². The number of pyridine rings is 1. The van der Waals surface area contributed by atoms with Crippen molar-refractivity contribution in [2.75, 3.05) is 0 Å². The van der Waals surface area contributed by atoms with Crippen LogP contribution in [0.5, 0.6) is 0 Å². The molecule has 2 aromatic heterocycles. The molecular weight excluding hydrogens is 224 g/mol. The Morgan fingerprint density at radius 2 is 1.61 bits per heavy atom. The van der Waals surface area contributed by atoms with Gasteiger partial charge in [0.1, 0.15) is 5.69 Å². The molecule has 0 saturated heterocycles. The van der Waals surface area contributed by atoms with E-state index in [0.717, 1.165) is 22.6 Å². The van der Waals surface area contributed by atoms with E-state index in [-0.39, 0.29) is 0 Å². The van der Waals surface area contributed by atoms with Crippen LogP contribution in [0.1, 0.15) is 5.89 Å². The first kappa shape index (κ1) is 10.7. The minimum absolute atomic E-state index is 0.667. The second-order valence-corrected chi connectivity index (χ2v) is 4.01. The van der Waals surface area contributed by atoms with Gasteiger partial charge in [0.15, 0.2) is 11.7 Å². The van der Waals surface area contributed by atoms with Crippen molar-refractivity contribution >= 4 is 0 Å². The standard InChI is InChI=1S/C15H12N2O/c1-11-17-14(12-7-9-16-10-8-12)15(18-11)13-5-3-2-4-6-13/h2-10H,1H3. The van der Waals surface area contributed by atoms with Crippen LogP contribution in [0.25, 0.3) is 22.6 Å². The second kappa shape index (κ2) is 4.45. The molecule has 0 fully saturated rings. The van der Waals surface area contributed by atoms with Crippen LogP contribution in [-0.2, 0) is 0 Å². The van der Waals surface area contributed by atoms with Crippen LogP contribution in [-0.4, -0.2) is 9.97 Å². The monoisotopic (exact) mass is 236 g/mol. The Labute approximate surface area is 105 Å². The summed E-state index contributed by atoms with van der Waals surface area (Å²) in [7, 11) is 0. The molecule has 0 bridgehead atoms. The van der Waals surface area contributed by atoms with Crippen molar-refractivity contribution in [3.05, 3.63) is 60.7 Å². The summed E-state index contributed by atoms with van der Waals surface area (Å²) in [5.41, 5.74) is 2.91. The lowest BCUT2D eigenvalue weighted by Gasteiger charge is -2.00. The number of oxazole rings is 1. The number of hydrogen-bond acceptors (Lipinski definition) is 3. The van der Waals surface area contributed by atoms with Crippen LogP contribution in [0.3, 0.4) is 0 Å². The number of aromatic nitrogens is 2. The highest BCUT2D eigenvalue weighted by Gasteiger charge is 2.14. The van der Waals surface area contributed by atoms with Crippen molar-refractivity contribution in [3.8, 4) is 22.6 Å². The molecule has 0 aliphatic rings. The van der Waals surface area contributed by atoms with Gasteiger partial charge in [0.25, 0.3) is 0 Å². The van der Waals surface area contributed by atoms with Crippen molar-refractivity contribution in [1.29, 1.82) is 0 Å². The summed E-state index contributed by atoms with van der Waals surface area (Å²) < 4.78 is 5.72. The Morgan fingerprint density at radius 1 is 0.889 bits per heavy atom. The molecule has 0 atom stereocenters. The third-order valence-corrected chi connectivity index (χ3v) is 2.72. The summed E-state index contributed by atoms with van der Waals surface area (Å²) in [5, 5.41) is 0. The largest absolute Gasteiger partial charge is 0.440 e. The first-order chi connectivity index (χ1) is 8.84. The van der Waals surface area contributed by atoms with Gasteiger partial charge >= 0.3 is 0 Å². The predicted molar refractivity (Wildman–Crippen MR) is 69.9 cm³/mol. The molecule has 0 aliphatic heterocycles. The van der Waals surface area contributed by atoms with E-state index in [1.807, 2.05) is 49.4 Å². The lowest BCUT2D eigenvalue weighted by Crippen LogP contribution is -1.82. The van der Waals surface area contributed by atoms with Crippen LogP contribution in [0.2, 0.25) is 0 Å². The second-order valence-electron chi connectivity index (χ2n) is 4.01. The van der Waals surface area contributed by atoms with E-state index >= 15 is 0 Å². The Balaban J connectivity index is 2.17. The average Bonchev–Trinajstić information content (AvgIpc) is 2.83. The van der Waals surface area contributed by atoms with E-state index in [2.05, 4.69) is 9.97 Å². The van der Waals surface area contributed by atoms with Gasteiger partial charge in [-0.2, -0.15) is 0 Å². The van der Waals surface area contributed by atoms with Gasteiger partial charge in [0, 0.05) is 30.4 Å². The molecule has 3 rings (SSSR count). The number of aryl methyl sites for hydroxylation is 1. The Kier molecular flexibility index (Phi) is 2.65. The van der Waals surface area contributed by atoms with E-state index < -0.39 is 0 Å². The predicted octanol–water partition coefficient (Wildman–Crippen LogP) is 3.71. The Hall–Kier alpha value is -2.42. The summed E-state index contributed by atoms with van der Waals surface area (Å²) in [5.74, 6) is 1.47. The molecule has 1 aromatic carbocycles. The maximum absolute atomic E-state index is 5.72. The van der Waals surface area contributed by atoms with Crippen molar-refractivity contribution in [2.45, 2.75) is 6.92 Å². The van der Waals surface area contributed by atoms with E-state index in [1.165, 1.54) is 0 Å². The van der Waals surface area contributed by atoms with E-state index in [4.69, 9.17) is 4.42 Å². The zero-order chi connectivity index (χ0) is 12.4. The Morgan fingerprint density at radius 3 is 2.33 bits per heavy atom. The van der Waals surface area contributed by atoms with Crippen LogP contribution < -0.4 is 0 Å². The molecule has 0 amide bonds. The van der Waals surface area contributed by atoms with Crippen molar-refractivity contribution in [2.24, 2.45) is 0 Å². The summed E-state index contributed by atoms with van der Waals surface area (Å²) in [6.45, 7) is 1.86. The zero-order valence-corrected chi connectivity index (χ0v) is 10.00. The van der Waals surface area contributed by atoms with E-state index in [0.29, 0.717) is 5.89 Å². The molecule has 0 radical (unpaired) electrons. The molecule has 3 aromatic rings. The lowest BCUT2D eigenvalue weighted by atomic mass is 10.1. The molecule has 2 heterocycles. The number of hydrogen-bond donors (Lipinski definition) is 0. The summed E-state index contributed by atoms with van der Waals surface area (Å²) >= 11 is 0. The maximum Gasteiger partial charge on any atom is 0.192 e. The lowest BCUT2D eigenvalue weighted by molar-refractivity contribution is 0.534. The Bertz CT molecular complexity index is 588. The molecule has 0 spiro atoms. The summed E-state index contributed by atoms with van der Waals surface area (Å²) in [6.07, 6.45) is 3.52. The summed E-state index contributed by atoms with van der Waals surface area (Å²) in [4.78, 5) is 8.48. The molecule has 3 heteroatoms. The van der Waals surface area contributed by atoms with Crippen LogP contribution >= 0.6 is 0 Å². The van der Waals surface area contributed by atoms with E-state index in [9.17, 15) is 0 Å². The minimum Gasteiger partial charge on any atom is -0.440 e. The van der Waals surface area contributed by atoms with Gasteiger partial charge < -0.3 is 4.42 Å². The molecule has 3 nitrogen and oxygen atoms in total. The van der Waals surface area contributed by atoms with Gasteiger partial charge in [0.2, 0.25) is 0 Å². The van der Waals surface area contributed by atoms with Gasteiger partial charge in [0.05, 0.1) is 0 Å². The molecule has 0 saturated carbocycles. The zero-order valence-electron chi connectivity index (χ0n) is 10.00. The molecule has 18 heavy (non-hydrogen) atoms. The van der Waals surface area contributed by atoms with Gasteiger partial charge in [-0.25, -0.2) is 4.98 Å². The normalized spacial score (nSPS) is 10.5. The highest BCUT2D eigenvalue weighted by Crippen LogP contribution is 2.31. The number of nitrogens with zero attached hydrogens (tertiary/aromatic N) is 2.